The van der Waals surface area contributed by atoms with Crippen LogP contribution in [0, 0.1) is 12.8 Å². The Morgan fingerprint density at radius 1 is 1.48 bits per heavy atom. The van der Waals surface area contributed by atoms with Crippen LogP contribution in [0.1, 0.15) is 40.4 Å². The summed E-state index contributed by atoms with van der Waals surface area (Å²) in [6.07, 6.45) is 3.29. The molecule has 5 nitrogen and oxygen atoms in total. The maximum absolute atomic E-state index is 11.4. The number of hydrogen-bond acceptors (Lipinski definition) is 5. The Morgan fingerprint density at radius 2 is 2.35 bits per heavy atom. The summed E-state index contributed by atoms with van der Waals surface area (Å²) in [6.45, 7) is 5.06. The minimum atomic E-state index is -0.487. The molecule has 0 aliphatic carbocycles. The maximum atomic E-state index is 11.4. The molecule has 1 fully saturated rings. The van der Waals surface area contributed by atoms with Gasteiger partial charge in [-0.1, -0.05) is 0 Å². The number of aryl methyl sites for hydroxylation is 1. The third kappa shape index (κ3) is 4.36. The van der Waals surface area contributed by atoms with Gasteiger partial charge in [-0.25, -0.2) is 9.97 Å². The standard InChI is InChI=1S/C17H22N4OS/c1-12-19-15(8-16(20-12)17(18)22)7-13-3-2-5-21(9-13)10-14-4-6-23-11-14/h4,6,8,11,13H,2-3,5,7,9-10H2,1H3,(H2,18,22)/t13-/m1/s1. The van der Waals surface area contributed by atoms with Crippen molar-refractivity contribution in [2.24, 2.45) is 11.7 Å². The largest absolute Gasteiger partial charge is 0.364 e. The van der Waals surface area contributed by atoms with Gasteiger partial charge < -0.3 is 5.73 Å². The summed E-state index contributed by atoms with van der Waals surface area (Å²) < 4.78 is 0. The molecule has 1 aliphatic heterocycles. The van der Waals surface area contributed by atoms with Crippen LogP contribution in [-0.4, -0.2) is 33.9 Å². The fourth-order valence-corrected chi connectivity index (χ4v) is 3.92. The van der Waals surface area contributed by atoms with Crippen LogP contribution >= 0.6 is 11.3 Å². The van der Waals surface area contributed by atoms with Crippen molar-refractivity contribution < 1.29 is 4.79 Å². The quantitative estimate of drug-likeness (QED) is 0.914. The van der Waals surface area contributed by atoms with E-state index in [-0.39, 0.29) is 0 Å². The van der Waals surface area contributed by atoms with Crippen LogP contribution in [0.25, 0.3) is 0 Å². The summed E-state index contributed by atoms with van der Waals surface area (Å²) in [4.78, 5) is 22.4. The molecule has 0 unspecified atom stereocenters. The van der Waals surface area contributed by atoms with Crippen LogP contribution in [0.4, 0.5) is 0 Å². The smallest absolute Gasteiger partial charge is 0.267 e. The summed E-state index contributed by atoms with van der Waals surface area (Å²) in [6, 6.07) is 3.94. The summed E-state index contributed by atoms with van der Waals surface area (Å²) in [5, 5.41) is 4.35. The molecule has 3 rings (SSSR count). The Morgan fingerprint density at radius 3 is 3.09 bits per heavy atom. The van der Waals surface area contributed by atoms with E-state index < -0.39 is 5.91 Å². The van der Waals surface area contributed by atoms with E-state index in [1.165, 1.54) is 18.4 Å². The number of amides is 1. The lowest BCUT2D eigenvalue weighted by atomic mass is 9.93. The Hall–Kier alpha value is -1.79. The first-order valence-corrected chi connectivity index (χ1v) is 8.92. The molecule has 1 saturated heterocycles. The van der Waals surface area contributed by atoms with E-state index in [4.69, 9.17) is 5.73 Å². The van der Waals surface area contributed by atoms with Crippen molar-refractivity contribution in [3.63, 3.8) is 0 Å². The summed E-state index contributed by atoms with van der Waals surface area (Å²) >= 11 is 1.75. The summed E-state index contributed by atoms with van der Waals surface area (Å²) in [7, 11) is 0. The van der Waals surface area contributed by atoms with Gasteiger partial charge in [-0.05, 0) is 67.1 Å². The lowest BCUT2D eigenvalue weighted by Crippen LogP contribution is -2.35. The number of hydrogen-bond donors (Lipinski definition) is 1. The van der Waals surface area contributed by atoms with Gasteiger partial charge in [-0.3, -0.25) is 9.69 Å². The van der Waals surface area contributed by atoms with E-state index in [1.807, 2.05) is 0 Å². The molecule has 0 aromatic carbocycles. The van der Waals surface area contributed by atoms with Gasteiger partial charge in [0.05, 0.1) is 0 Å². The number of carbonyl (C=O) groups excluding carboxylic acids is 1. The SMILES string of the molecule is Cc1nc(C[C@H]2CCCN(Cc3ccsc3)C2)cc(C(N)=O)n1. The molecule has 2 aromatic heterocycles. The molecule has 23 heavy (non-hydrogen) atoms. The van der Waals surface area contributed by atoms with Gasteiger partial charge >= 0.3 is 0 Å². The zero-order chi connectivity index (χ0) is 16.2. The highest BCUT2D eigenvalue weighted by Crippen LogP contribution is 2.22. The van der Waals surface area contributed by atoms with Gasteiger partial charge in [-0.15, -0.1) is 0 Å². The van der Waals surface area contributed by atoms with Gasteiger partial charge in [0, 0.05) is 18.8 Å². The fraction of sp³-hybridized carbons (Fsp3) is 0.471. The van der Waals surface area contributed by atoms with Crippen molar-refractivity contribution in [3.8, 4) is 0 Å². The number of piperidine rings is 1. The molecule has 1 aliphatic rings. The molecule has 6 heteroatoms. The topological polar surface area (TPSA) is 72.1 Å². The second kappa shape index (κ2) is 7.19. The Balaban J connectivity index is 1.64. The molecule has 0 bridgehead atoms. The molecule has 3 heterocycles. The molecular formula is C17H22N4OS. The monoisotopic (exact) mass is 330 g/mol. The van der Waals surface area contributed by atoms with Crippen molar-refractivity contribution in [2.45, 2.75) is 32.7 Å². The Kier molecular flexibility index (Phi) is 5.03. The van der Waals surface area contributed by atoms with Crippen LogP contribution in [0.5, 0.6) is 0 Å². The number of carbonyl (C=O) groups is 1. The van der Waals surface area contributed by atoms with Crippen molar-refractivity contribution in [2.75, 3.05) is 13.1 Å². The van der Waals surface area contributed by atoms with Gasteiger partial charge in [0.2, 0.25) is 0 Å². The second-order valence-corrected chi connectivity index (χ2v) is 7.02. The highest BCUT2D eigenvalue weighted by atomic mass is 32.1. The predicted molar refractivity (Wildman–Crippen MR) is 91.3 cm³/mol. The predicted octanol–water partition coefficient (Wildman–Crippen LogP) is 2.40. The molecule has 1 amide bonds. The van der Waals surface area contributed by atoms with E-state index in [9.17, 15) is 4.79 Å². The second-order valence-electron chi connectivity index (χ2n) is 6.24. The molecule has 0 saturated carbocycles. The van der Waals surface area contributed by atoms with Crippen molar-refractivity contribution in [1.29, 1.82) is 0 Å². The van der Waals surface area contributed by atoms with Gasteiger partial charge in [-0.2, -0.15) is 11.3 Å². The third-order valence-electron chi connectivity index (χ3n) is 4.23. The summed E-state index contributed by atoms with van der Waals surface area (Å²) in [5.41, 5.74) is 7.98. The minimum absolute atomic E-state index is 0.318. The molecule has 2 N–H and O–H groups in total. The zero-order valence-corrected chi connectivity index (χ0v) is 14.2. The van der Waals surface area contributed by atoms with Crippen molar-refractivity contribution >= 4 is 17.2 Å². The van der Waals surface area contributed by atoms with Crippen molar-refractivity contribution in [3.05, 3.63) is 45.7 Å². The van der Waals surface area contributed by atoms with Gasteiger partial charge in [0.1, 0.15) is 11.5 Å². The highest BCUT2D eigenvalue weighted by Gasteiger charge is 2.21. The van der Waals surface area contributed by atoms with Crippen LogP contribution in [0.15, 0.2) is 22.9 Å². The fourth-order valence-electron chi connectivity index (χ4n) is 3.26. The third-order valence-corrected chi connectivity index (χ3v) is 4.96. The van der Waals surface area contributed by atoms with E-state index in [2.05, 4.69) is 31.7 Å². The number of rotatable bonds is 5. The summed E-state index contributed by atoms with van der Waals surface area (Å²) in [5.74, 6) is 0.694. The number of nitrogens with zero attached hydrogens (tertiary/aromatic N) is 3. The first-order chi connectivity index (χ1) is 11.1. The number of likely N-dealkylation sites (tertiary alicyclic amines) is 1. The van der Waals surface area contributed by atoms with E-state index in [0.717, 1.165) is 31.7 Å². The molecule has 122 valence electrons. The van der Waals surface area contributed by atoms with Gasteiger partial charge in [0.25, 0.3) is 5.91 Å². The first-order valence-electron chi connectivity index (χ1n) is 7.98. The average molecular weight is 330 g/mol. The Bertz CT molecular complexity index is 671. The van der Waals surface area contributed by atoms with Gasteiger partial charge in [0.15, 0.2) is 0 Å². The van der Waals surface area contributed by atoms with Crippen LogP contribution < -0.4 is 5.73 Å². The van der Waals surface area contributed by atoms with Crippen LogP contribution in [0.3, 0.4) is 0 Å². The number of aromatic nitrogens is 2. The van der Waals surface area contributed by atoms with Crippen molar-refractivity contribution in [1.82, 2.24) is 14.9 Å². The lowest BCUT2D eigenvalue weighted by molar-refractivity contribution is 0.0995. The molecule has 0 spiro atoms. The first kappa shape index (κ1) is 16.1. The highest BCUT2D eigenvalue weighted by molar-refractivity contribution is 7.07. The van der Waals surface area contributed by atoms with E-state index in [1.54, 1.807) is 24.3 Å². The Labute approximate surface area is 140 Å². The van der Waals surface area contributed by atoms with E-state index >= 15 is 0 Å². The zero-order valence-electron chi connectivity index (χ0n) is 13.4. The number of primary amides is 1. The number of nitrogens with two attached hydrogens (primary N) is 1. The normalized spacial score (nSPS) is 18.9. The van der Waals surface area contributed by atoms with Crippen LogP contribution in [0.2, 0.25) is 0 Å². The van der Waals surface area contributed by atoms with E-state index in [0.29, 0.717) is 17.4 Å². The minimum Gasteiger partial charge on any atom is -0.364 e. The average Bonchev–Trinajstić information content (AvgIpc) is 3.00. The molecule has 2 aromatic rings. The van der Waals surface area contributed by atoms with Crippen LogP contribution in [-0.2, 0) is 13.0 Å². The molecule has 0 radical (unpaired) electrons. The lowest BCUT2D eigenvalue weighted by Gasteiger charge is -2.32. The number of thiophene rings is 1. The molecular weight excluding hydrogens is 308 g/mol. The molecule has 1 atom stereocenters. The maximum Gasteiger partial charge on any atom is 0.267 e.